The molecule has 0 unspecified atom stereocenters. The standard InChI is InChI=1S/C26H30N6O5S/c1-3-37-23-16-27-15-21(29-23)18-4-7-20(17(2)14-18)30-24(33)26(9-12-36-13-10-26)22-8-11-28-25(31-22)32-38(34,35)19-5-6-19/h4,7-8,11,14-16,19H,3,5-6,9-10,12-13H2,1-2H3,(H,30,33)(H,28,31,32). The maximum Gasteiger partial charge on any atom is 0.237 e. The summed E-state index contributed by atoms with van der Waals surface area (Å²) >= 11 is 0. The Morgan fingerprint density at radius 2 is 1.95 bits per heavy atom. The van der Waals surface area contributed by atoms with Crippen molar-refractivity contribution in [3.63, 3.8) is 0 Å². The van der Waals surface area contributed by atoms with E-state index in [1.54, 1.807) is 18.5 Å². The minimum Gasteiger partial charge on any atom is -0.477 e. The second kappa shape index (κ2) is 10.6. The fourth-order valence-corrected chi connectivity index (χ4v) is 5.77. The van der Waals surface area contributed by atoms with E-state index in [1.165, 1.54) is 6.20 Å². The van der Waals surface area contributed by atoms with Crippen LogP contribution in [-0.4, -0.2) is 59.3 Å². The van der Waals surface area contributed by atoms with E-state index in [0.717, 1.165) is 11.1 Å². The summed E-state index contributed by atoms with van der Waals surface area (Å²) in [7, 11) is -3.53. The molecular weight excluding hydrogens is 508 g/mol. The van der Waals surface area contributed by atoms with Crippen molar-refractivity contribution in [1.82, 2.24) is 19.9 Å². The second-order valence-corrected chi connectivity index (χ2v) is 11.4. The number of amides is 1. The van der Waals surface area contributed by atoms with Gasteiger partial charge in [-0.3, -0.25) is 14.5 Å². The van der Waals surface area contributed by atoms with Gasteiger partial charge in [0.25, 0.3) is 0 Å². The molecule has 3 aromatic rings. The highest BCUT2D eigenvalue weighted by Crippen LogP contribution is 2.36. The molecule has 200 valence electrons. The van der Waals surface area contributed by atoms with E-state index in [1.807, 2.05) is 32.0 Å². The Kier molecular flexibility index (Phi) is 7.26. The molecule has 0 bridgehead atoms. The molecule has 0 atom stereocenters. The average molecular weight is 539 g/mol. The van der Waals surface area contributed by atoms with Crippen molar-refractivity contribution < 1.29 is 22.7 Å². The van der Waals surface area contributed by atoms with Crippen molar-refractivity contribution in [3.05, 3.63) is 54.1 Å². The number of ether oxygens (including phenoxy) is 2. The molecule has 2 N–H and O–H groups in total. The molecule has 1 saturated carbocycles. The Morgan fingerprint density at radius 1 is 1.16 bits per heavy atom. The predicted molar refractivity (Wildman–Crippen MR) is 141 cm³/mol. The molecule has 1 amide bonds. The van der Waals surface area contributed by atoms with Crippen LogP contribution < -0.4 is 14.8 Å². The van der Waals surface area contributed by atoms with Crippen molar-refractivity contribution in [2.45, 2.75) is 50.2 Å². The number of hydrogen-bond acceptors (Lipinski definition) is 9. The Hall–Kier alpha value is -3.64. The van der Waals surface area contributed by atoms with Crippen LogP contribution in [0.2, 0.25) is 0 Å². The summed E-state index contributed by atoms with van der Waals surface area (Å²) < 4.78 is 38.3. The SMILES string of the molecule is CCOc1cncc(-c2ccc(NC(=O)C3(c4ccnc(NS(=O)(=O)C5CC5)n4)CCOCC3)c(C)c2)n1. The Morgan fingerprint density at radius 3 is 2.66 bits per heavy atom. The zero-order valence-electron chi connectivity index (χ0n) is 21.3. The number of carbonyl (C=O) groups is 1. The molecule has 3 heterocycles. The van der Waals surface area contributed by atoms with Crippen LogP contribution in [0, 0.1) is 6.92 Å². The minimum absolute atomic E-state index is 0.0241. The van der Waals surface area contributed by atoms with Crippen molar-refractivity contribution in [2.75, 3.05) is 29.9 Å². The molecule has 2 fully saturated rings. The zero-order chi connectivity index (χ0) is 26.8. The number of nitrogens with one attached hydrogen (secondary N) is 2. The van der Waals surface area contributed by atoms with E-state index < -0.39 is 20.7 Å². The summed E-state index contributed by atoms with van der Waals surface area (Å²) in [5.74, 6) is 0.193. The highest BCUT2D eigenvalue weighted by Gasteiger charge is 2.44. The van der Waals surface area contributed by atoms with Gasteiger partial charge in [0.1, 0.15) is 0 Å². The van der Waals surface area contributed by atoms with E-state index >= 15 is 0 Å². The molecule has 1 aliphatic carbocycles. The third-order valence-electron chi connectivity index (χ3n) is 6.80. The number of benzene rings is 1. The Balaban J connectivity index is 1.40. The predicted octanol–water partition coefficient (Wildman–Crippen LogP) is 3.23. The van der Waals surface area contributed by atoms with Crippen LogP contribution in [0.5, 0.6) is 5.88 Å². The normalized spacial score (nSPS) is 17.0. The third kappa shape index (κ3) is 5.46. The van der Waals surface area contributed by atoms with Gasteiger partial charge in [0.15, 0.2) is 0 Å². The second-order valence-electron chi connectivity index (χ2n) is 9.47. The van der Waals surface area contributed by atoms with Gasteiger partial charge in [-0.15, -0.1) is 0 Å². The summed E-state index contributed by atoms with van der Waals surface area (Å²) in [6, 6.07) is 7.30. The summed E-state index contributed by atoms with van der Waals surface area (Å²) in [6.07, 6.45) is 6.77. The highest BCUT2D eigenvalue weighted by atomic mass is 32.2. The summed E-state index contributed by atoms with van der Waals surface area (Å²) in [6.45, 7) is 5.05. The molecule has 5 rings (SSSR count). The quantitative estimate of drug-likeness (QED) is 0.419. The van der Waals surface area contributed by atoms with Crippen LogP contribution in [-0.2, 0) is 25.0 Å². The van der Waals surface area contributed by atoms with E-state index in [0.29, 0.717) is 68.5 Å². The molecule has 11 nitrogen and oxygen atoms in total. The van der Waals surface area contributed by atoms with Gasteiger partial charge in [0.2, 0.25) is 27.8 Å². The van der Waals surface area contributed by atoms with Crippen LogP contribution >= 0.6 is 0 Å². The average Bonchev–Trinajstić information content (AvgIpc) is 3.77. The largest absolute Gasteiger partial charge is 0.477 e. The molecule has 1 aliphatic heterocycles. The van der Waals surface area contributed by atoms with E-state index in [4.69, 9.17) is 9.47 Å². The molecule has 12 heteroatoms. The first kappa shape index (κ1) is 26.0. The number of sulfonamides is 1. The van der Waals surface area contributed by atoms with Crippen molar-refractivity contribution >= 4 is 27.6 Å². The molecule has 2 aromatic heterocycles. The van der Waals surface area contributed by atoms with E-state index in [-0.39, 0.29) is 11.9 Å². The number of rotatable bonds is 9. The third-order valence-corrected chi connectivity index (χ3v) is 8.61. The molecule has 0 spiro atoms. The first-order valence-corrected chi connectivity index (χ1v) is 14.2. The summed E-state index contributed by atoms with van der Waals surface area (Å²) in [5.41, 5.74) is 2.48. The van der Waals surface area contributed by atoms with Crippen molar-refractivity contribution in [3.8, 4) is 17.1 Å². The van der Waals surface area contributed by atoms with Crippen LogP contribution in [0.1, 0.15) is 43.9 Å². The van der Waals surface area contributed by atoms with Gasteiger partial charge < -0.3 is 14.8 Å². The number of aryl methyl sites for hydroxylation is 1. The Bertz CT molecular complexity index is 1440. The maximum atomic E-state index is 13.8. The van der Waals surface area contributed by atoms with E-state index in [2.05, 4.69) is 30.0 Å². The van der Waals surface area contributed by atoms with Crippen LogP contribution in [0.4, 0.5) is 11.6 Å². The highest BCUT2D eigenvalue weighted by molar-refractivity contribution is 7.93. The fourth-order valence-electron chi connectivity index (χ4n) is 4.49. The Labute approximate surface area is 221 Å². The lowest BCUT2D eigenvalue weighted by atomic mass is 9.76. The van der Waals surface area contributed by atoms with Gasteiger partial charge in [0, 0.05) is 30.7 Å². The number of hydrogen-bond donors (Lipinski definition) is 2. The fraction of sp³-hybridized carbons (Fsp3) is 0.423. The summed E-state index contributed by atoms with van der Waals surface area (Å²) in [4.78, 5) is 31.1. The van der Waals surface area contributed by atoms with Crippen molar-refractivity contribution in [2.24, 2.45) is 0 Å². The van der Waals surface area contributed by atoms with Gasteiger partial charge >= 0.3 is 0 Å². The topological polar surface area (TPSA) is 145 Å². The minimum atomic E-state index is -3.53. The molecule has 38 heavy (non-hydrogen) atoms. The molecule has 2 aliphatic rings. The van der Waals surface area contributed by atoms with Crippen molar-refractivity contribution in [1.29, 1.82) is 0 Å². The smallest absolute Gasteiger partial charge is 0.237 e. The monoisotopic (exact) mass is 538 g/mol. The first-order valence-electron chi connectivity index (χ1n) is 12.6. The number of aromatic nitrogens is 4. The van der Waals surface area contributed by atoms with Gasteiger partial charge in [-0.1, -0.05) is 6.07 Å². The number of nitrogens with zero attached hydrogens (tertiary/aromatic N) is 4. The first-order chi connectivity index (χ1) is 18.3. The lowest BCUT2D eigenvalue weighted by Crippen LogP contribution is -2.45. The molecule has 1 aromatic carbocycles. The van der Waals surface area contributed by atoms with Gasteiger partial charge in [-0.05, 0) is 63.3 Å². The molecule has 0 radical (unpaired) electrons. The zero-order valence-corrected chi connectivity index (χ0v) is 22.1. The number of anilines is 2. The van der Waals surface area contributed by atoms with Crippen LogP contribution in [0.3, 0.4) is 0 Å². The van der Waals surface area contributed by atoms with E-state index in [9.17, 15) is 13.2 Å². The summed E-state index contributed by atoms with van der Waals surface area (Å²) in [5, 5.41) is 2.66. The van der Waals surface area contributed by atoms with Gasteiger partial charge in [-0.2, -0.15) is 0 Å². The molecular formula is C26H30N6O5S. The lowest BCUT2D eigenvalue weighted by molar-refractivity contribution is -0.125. The van der Waals surface area contributed by atoms with Gasteiger partial charge in [-0.25, -0.2) is 23.4 Å². The number of carbonyl (C=O) groups excluding carboxylic acids is 1. The van der Waals surface area contributed by atoms with Gasteiger partial charge in [0.05, 0.1) is 41.1 Å². The van der Waals surface area contributed by atoms with Crippen LogP contribution in [0.25, 0.3) is 11.3 Å². The molecule has 1 saturated heterocycles. The lowest BCUT2D eigenvalue weighted by Gasteiger charge is -2.35. The van der Waals surface area contributed by atoms with Crippen LogP contribution in [0.15, 0.2) is 42.9 Å². The maximum absolute atomic E-state index is 13.8.